The standard InChI is InChI=1S/C14H19N3O3S/c1-2-10-12(18)16-6-4-3-5-11(16)13(19)17(10)7-9-8-21-14(20)15-9/h8,10-11H,2-7H2,1H3,(H,15,20). The van der Waals surface area contributed by atoms with Crippen molar-refractivity contribution in [2.45, 2.75) is 51.2 Å². The maximum absolute atomic E-state index is 12.7. The van der Waals surface area contributed by atoms with Gasteiger partial charge in [-0.25, -0.2) is 0 Å². The molecule has 2 fully saturated rings. The maximum Gasteiger partial charge on any atom is 0.304 e. The number of carbonyl (C=O) groups is 2. The Balaban J connectivity index is 1.87. The number of hydrogen-bond acceptors (Lipinski definition) is 4. The van der Waals surface area contributed by atoms with Crippen LogP contribution in [0.2, 0.25) is 0 Å². The maximum atomic E-state index is 12.7. The van der Waals surface area contributed by atoms with E-state index < -0.39 is 6.04 Å². The fourth-order valence-electron chi connectivity index (χ4n) is 3.28. The van der Waals surface area contributed by atoms with Crippen LogP contribution in [0.1, 0.15) is 38.3 Å². The van der Waals surface area contributed by atoms with Gasteiger partial charge in [0.2, 0.25) is 11.8 Å². The molecule has 3 heterocycles. The van der Waals surface area contributed by atoms with Gasteiger partial charge in [-0.3, -0.25) is 14.4 Å². The highest BCUT2D eigenvalue weighted by Crippen LogP contribution is 2.28. The molecule has 0 aliphatic carbocycles. The van der Waals surface area contributed by atoms with Crippen molar-refractivity contribution in [1.29, 1.82) is 0 Å². The highest BCUT2D eigenvalue weighted by molar-refractivity contribution is 7.07. The predicted octanol–water partition coefficient (Wildman–Crippen LogP) is 0.938. The third-order valence-electron chi connectivity index (χ3n) is 4.31. The number of hydrogen-bond donors (Lipinski definition) is 1. The molecule has 0 radical (unpaired) electrons. The van der Waals surface area contributed by atoms with Gasteiger partial charge in [-0.2, -0.15) is 0 Å². The number of nitrogens with zero attached hydrogens (tertiary/aromatic N) is 2. The van der Waals surface area contributed by atoms with Crippen LogP contribution in [0.3, 0.4) is 0 Å². The minimum absolute atomic E-state index is 0.0215. The Hall–Kier alpha value is -1.63. The lowest BCUT2D eigenvalue weighted by Gasteiger charge is -2.46. The third-order valence-corrected chi connectivity index (χ3v) is 5.03. The summed E-state index contributed by atoms with van der Waals surface area (Å²) in [5, 5.41) is 1.72. The summed E-state index contributed by atoms with van der Waals surface area (Å²) in [4.78, 5) is 42.6. The minimum Gasteiger partial charge on any atom is -0.329 e. The SMILES string of the molecule is CCC1C(=O)N2CCCCC2C(=O)N1Cc1csc(=O)[nH]1. The number of aromatic amines is 1. The average molecular weight is 309 g/mol. The second kappa shape index (κ2) is 5.63. The van der Waals surface area contributed by atoms with Crippen molar-refractivity contribution >= 4 is 23.2 Å². The van der Waals surface area contributed by atoms with Gasteiger partial charge in [-0.15, -0.1) is 0 Å². The number of nitrogens with one attached hydrogen (secondary N) is 1. The zero-order valence-corrected chi connectivity index (χ0v) is 12.8. The van der Waals surface area contributed by atoms with Gasteiger partial charge in [0.15, 0.2) is 0 Å². The fraction of sp³-hybridized carbons (Fsp3) is 0.643. The molecule has 2 amide bonds. The third kappa shape index (κ3) is 2.50. The van der Waals surface area contributed by atoms with E-state index in [1.54, 1.807) is 15.2 Å². The normalized spacial score (nSPS) is 26.1. The summed E-state index contributed by atoms with van der Waals surface area (Å²) >= 11 is 1.08. The fourth-order valence-corrected chi connectivity index (χ4v) is 3.85. The quantitative estimate of drug-likeness (QED) is 0.903. The van der Waals surface area contributed by atoms with Crippen LogP contribution >= 0.6 is 11.3 Å². The van der Waals surface area contributed by atoms with Gasteiger partial charge >= 0.3 is 4.87 Å². The number of carbonyl (C=O) groups excluding carboxylic acids is 2. The van der Waals surface area contributed by atoms with Crippen LogP contribution in [-0.2, 0) is 16.1 Å². The van der Waals surface area contributed by atoms with E-state index in [4.69, 9.17) is 0 Å². The summed E-state index contributed by atoms with van der Waals surface area (Å²) in [6.45, 7) is 2.92. The highest BCUT2D eigenvalue weighted by Gasteiger charge is 2.45. The first kappa shape index (κ1) is 14.3. The van der Waals surface area contributed by atoms with Crippen LogP contribution in [0.4, 0.5) is 0 Å². The molecule has 114 valence electrons. The van der Waals surface area contributed by atoms with E-state index in [1.165, 1.54) is 0 Å². The largest absolute Gasteiger partial charge is 0.329 e. The highest BCUT2D eigenvalue weighted by atomic mass is 32.1. The van der Waals surface area contributed by atoms with Crippen molar-refractivity contribution in [3.8, 4) is 0 Å². The van der Waals surface area contributed by atoms with E-state index in [0.29, 0.717) is 25.2 Å². The second-order valence-corrected chi connectivity index (χ2v) is 6.45. The molecular formula is C14H19N3O3S. The topological polar surface area (TPSA) is 73.5 Å². The van der Waals surface area contributed by atoms with Gasteiger partial charge in [-0.05, 0) is 25.7 Å². The van der Waals surface area contributed by atoms with Crippen molar-refractivity contribution in [3.63, 3.8) is 0 Å². The molecule has 3 rings (SSSR count). The molecule has 2 unspecified atom stereocenters. The lowest BCUT2D eigenvalue weighted by Crippen LogP contribution is -2.65. The predicted molar refractivity (Wildman–Crippen MR) is 78.9 cm³/mol. The van der Waals surface area contributed by atoms with Gasteiger partial charge in [0.1, 0.15) is 12.1 Å². The molecule has 1 aromatic heterocycles. The summed E-state index contributed by atoms with van der Waals surface area (Å²) < 4.78 is 0. The molecule has 1 aromatic rings. The minimum atomic E-state index is -0.407. The zero-order valence-electron chi connectivity index (χ0n) is 12.0. The first-order valence-electron chi connectivity index (χ1n) is 7.39. The first-order chi connectivity index (χ1) is 10.1. The Labute approximate surface area is 126 Å². The molecule has 0 aromatic carbocycles. The molecule has 0 saturated carbocycles. The van der Waals surface area contributed by atoms with Crippen molar-refractivity contribution in [2.24, 2.45) is 0 Å². The molecule has 0 spiro atoms. The number of aromatic nitrogens is 1. The Morgan fingerprint density at radius 2 is 2.10 bits per heavy atom. The average Bonchev–Trinajstić information content (AvgIpc) is 2.90. The van der Waals surface area contributed by atoms with E-state index in [9.17, 15) is 14.4 Å². The summed E-state index contributed by atoms with van der Waals surface area (Å²) in [5.74, 6) is 0.0765. The van der Waals surface area contributed by atoms with Gasteiger partial charge < -0.3 is 14.8 Å². The van der Waals surface area contributed by atoms with Crippen molar-refractivity contribution in [3.05, 3.63) is 20.7 Å². The molecular weight excluding hydrogens is 290 g/mol. The van der Waals surface area contributed by atoms with Crippen molar-refractivity contribution in [2.75, 3.05) is 6.54 Å². The Bertz CT molecular complexity index is 609. The summed E-state index contributed by atoms with van der Waals surface area (Å²) in [6.07, 6.45) is 3.31. The molecule has 0 bridgehead atoms. The Morgan fingerprint density at radius 3 is 2.76 bits per heavy atom. The number of amides is 2. The number of fused-ring (bicyclic) bond motifs is 1. The molecule has 2 saturated heterocycles. The molecule has 2 atom stereocenters. The summed E-state index contributed by atoms with van der Waals surface area (Å²) in [5.41, 5.74) is 0.703. The smallest absolute Gasteiger partial charge is 0.304 e. The van der Waals surface area contributed by atoms with Crippen LogP contribution in [-0.4, -0.2) is 45.2 Å². The zero-order chi connectivity index (χ0) is 15.0. The summed E-state index contributed by atoms with van der Waals surface area (Å²) in [7, 11) is 0. The number of piperazine rings is 1. The van der Waals surface area contributed by atoms with Gasteiger partial charge in [0.25, 0.3) is 0 Å². The van der Waals surface area contributed by atoms with E-state index in [-0.39, 0.29) is 22.7 Å². The van der Waals surface area contributed by atoms with Crippen LogP contribution < -0.4 is 4.87 Å². The summed E-state index contributed by atoms with van der Waals surface area (Å²) in [6, 6.07) is -0.713. The number of H-pyrrole nitrogens is 1. The van der Waals surface area contributed by atoms with E-state index in [1.807, 2.05) is 6.92 Å². The lowest BCUT2D eigenvalue weighted by molar-refractivity contribution is -0.164. The molecule has 6 nitrogen and oxygen atoms in total. The lowest BCUT2D eigenvalue weighted by atomic mass is 9.94. The molecule has 7 heteroatoms. The first-order valence-corrected chi connectivity index (χ1v) is 8.27. The van der Waals surface area contributed by atoms with E-state index >= 15 is 0 Å². The monoisotopic (exact) mass is 309 g/mol. The molecule has 2 aliphatic heterocycles. The van der Waals surface area contributed by atoms with E-state index in [2.05, 4.69) is 4.98 Å². The molecule has 1 N–H and O–H groups in total. The number of thiazole rings is 1. The van der Waals surface area contributed by atoms with Crippen LogP contribution in [0.25, 0.3) is 0 Å². The van der Waals surface area contributed by atoms with Gasteiger partial charge in [0, 0.05) is 17.6 Å². The molecule has 21 heavy (non-hydrogen) atoms. The van der Waals surface area contributed by atoms with Crippen molar-refractivity contribution in [1.82, 2.24) is 14.8 Å². The van der Waals surface area contributed by atoms with Crippen LogP contribution in [0, 0.1) is 0 Å². The van der Waals surface area contributed by atoms with E-state index in [0.717, 1.165) is 30.6 Å². The van der Waals surface area contributed by atoms with Gasteiger partial charge in [0.05, 0.1) is 6.54 Å². The van der Waals surface area contributed by atoms with Gasteiger partial charge in [-0.1, -0.05) is 18.3 Å². The number of piperidine rings is 1. The second-order valence-electron chi connectivity index (χ2n) is 5.61. The Morgan fingerprint density at radius 1 is 1.29 bits per heavy atom. The Kier molecular flexibility index (Phi) is 3.84. The van der Waals surface area contributed by atoms with Crippen molar-refractivity contribution < 1.29 is 9.59 Å². The molecule has 2 aliphatic rings. The van der Waals surface area contributed by atoms with Crippen LogP contribution in [0.5, 0.6) is 0 Å². The number of rotatable bonds is 3. The van der Waals surface area contributed by atoms with Crippen LogP contribution in [0.15, 0.2) is 10.2 Å².